The standard InChI is InChI=1S/C22H26IN5O5S/c1-5-31-20(29)16-11-32-19(27-16)15-10-24-18-14(6-7-28(18)34-23)17(15)25-12-8-13(9-12)26-21(30)33-22(2,3)4/h6-7,10-13H,5,8-9H2,1-4H3,(H,24,25)(H,26,30)/t12-,13+. The smallest absolute Gasteiger partial charge is 0.407 e. The summed E-state index contributed by atoms with van der Waals surface area (Å²) in [4.78, 5) is 33.0. The first-order chi connectivity index (χ1) is 16.2. The van der Waals surface area contributed by atoms with E-state index in [1.165, 1.54) is 15.4 Å². The van der Waals surface area contributed by atoms with Crippen LogP contribution in [0.5, 0.6) is 0 Å². The number of fused-ring (bicyclic) bond motifs is 1. The van der Waals surface area contributed by atoms with Crippen molar-refractivity contribution in [2.24, 2.45) is 0 Å². The van der Waals surface area contributed by atoms with Crippen LogP contribution in [0.2, 0.25) is 0 Å². The van der Waals surface area contributed by atoms with E-state index in [4.69, 9.17) is 13.9 Å². The molecule has 0 bridgehead atoms. The van der Waals surface area contributed by atoms with E-state index in [9.17, 15) is 9.59 Å². The predicted molar refractivity (Wildman–Crippen MR) is 138 cm³/mol. The largest absolute Gasteiger partial charge is 0.461 e. The van der Waals surface area contributed by atoms with Crippen molar-refractivity contribution >= 4 is 59.1 Å². The average Bonchev–Trinajstić information content (AvgIpc) is 3.38. The van der Waals surface area contributed by atoms with Crippen LogP contribution in [-0.4, -0.2) is 50.3 Å². The molecule has 0 unspecified atom stereocenters. The Morgan fingerprint density at radius 1 is 1.32 bits per heavy atom. The molecule has 0 aromatic carbocycles. The van der Waals surface area contributed by atoms with Crippen molar-refractivity contribution in [2.45, 2.75) is 58.2 Å². The Labute approximate surface area is 213 Å². The highest BCUT2D eigenvalue weighted by Gasteiger charge is 2.33. The number of alkyl carbamates (subject to hydrolysis) is 1. The SMILES string of the molecule is CCOC(=O)c1coc(-c2cnc3c(ccn3SI)c2N[C@H]2C[C@@H](NC(=O)OC(C)(C)C)C2)n1. The highest BCUT2D eigenvalue weighted by molar-refractivity contribution is 14.2. The first-order valence-electron chi connectivity index (χ1n) is 10.9. The summed E-state index contributed by atoms with van der Waals surface area (Å²) in [7, 11) is 1.51. The van der Waals surface area contributed by atoms with Crippen LogP contribution < -0.4 is 10.6 Å². The Balaban J connectivity index is 1.55. The molecule has 3 aromatic heterocycles. The summed E-state index contributed by atoms with van der Waals surface area (Å²) in [5.41, 5.74) is 1.82. The maximum Gasteiger partial charge on any atom is 0.407 e. The molecule has 4 rings (SSSR count). The molecule has 3 aromatic rings. The van der Waals surface area contributed by atoms with Gasteiger partial charge in [-0.05, 0) is 46.6 Å². The molecule has 182 valence electrons. The molecule has 1 aliphatic rings. The number of oxazole rings is 1. The monoisotopic (exact) mass is 599 g/mol. The van der Waals surface area contributed by atoms with Crippen molar-refractivity contribution in [3.63, 3.8) is 0 Å². The maximum atomic E-state index is 12.1. The number of rotatable bonds is 7. The van der Waals surface area contributed by atoms with E-state index in [0.717, 1.165) is 29.6 Å². The fourth-order valence-electron chi connectivity index (χ4n) is 3.66. The van der Waals surface area contributed by atoms with Gasteiger partial charge in [-0.1, -0.05) is 0 Å². The number of carbonyl (C=O) groups is 2. The number of nitrogens with one attached hydrogen (secondary N) is 2. The normalized spacial score (nSPS) is 17.8. The van der Waals surface area contributed by atoms with E-state index in [1.54, 1.807) is 13.1 Å². The number of anilines is 1. The van der Waals surface area contributed by atoms with Crippen molar-refractivity contribution in [1.29, 1.82) is 0 Å². The second-order valence-corrected chi connectivity index (χ2v) is 10.6. The fraction of sp³-hybridized carbons (Fsp3) is 0.455. The third-order valence-corrected chi connectivity index (χ3v) is 6.90. The topological polar surface area (TPSA) is 121 Å². The van der Waals surface area contributed by atoms with E-state index < -0.39 is 17.7 Å². The van der Waals surface area contributed by atoms with Gasteiger partial charge in [0, 0.05) is 60.2 Å². The summed E-state index contributed by atoms with van der Waals surface area (Å²) in [6.07, 6.45) is 5.98. The number of carbonyl (C=O) groups excluding carboxylic acids is 2. The van der Waals surface area contributed by atoms with Gasteiger partial charge in [0.25, 0.3) is 0 Å². The van der Waals surface area contributed by atoms with Gasteiger partial charge < -0.3 is 24.5 Å². The van der Waals surface area contributed by atoms with E-state index in [2.05, 4.69) is 41.8 Å². The Bertz CT molecular complexity index is 1200. The van der Waals surface area contributed by atoms with Crippen LogP contribution in [-0.2, 0) is 9.47 Å². The van der Waals surface area contributed by atoms with Gasteiger partial charge in [-0.25, -0.2) is 19.6 Å². The molecule has 1 aliphatic carbocycles. The number of halogens is 1. The third kappa shape index (κ3) is 5.43. The number of amides is 1. The summed E-state index contributed by atoms with van der Waals surface area (Å²) >= 11 is 2.20. The van der Waals surface area contributed by atoms with Gasteiger partial charge in [0.05, 0.1) is 17.9 Å². The lowest BCUT2D eigenvalue weighted by atomic mass is 9.86. The summed E-state index contributed by atoms with van der Waals surface area (Å²) in [5, 5.41) is 7.38. The molecule has 0 radical (unpaired) electrons. The molecule has 0 spiro atoms. The number of pyridine rings is 1. The zero-order valence-electron chi connectivity index (χ0n) is 19.3. The molecule has 1 fully saturated rings. The van der Waals surface area contributed by atoms with Crippen LogP contribution in [0.25, 0.3) is 22.5 Å². The second-order valence-electron chi connectivity index (χ2n) is 8.91. The van der Waals surface area contributed by atoms with Crippen molar-refractivity contribution < 1.29 is 23.5 Å². The molecule has 0 saturated heterocycles. The van der Waals surface area contributed by atoms with Gasteiger partial charge >= 0.3 is 12.1 Å². The first-order valence-corrected chi connectivity index (χ1v) is 14.2. The van der Waals surface area contributed by atoms with Crippen LogP contribution in [0.15, 0.2) is 29.1 Å². The number of aromatic nitrogens is 3. The molecular formula is C22H26IN5O5S. The van der Waals surface area contributed by atoms with E-state index in [1.807, 2.05) is 37.0 Å². The van der Waals surface area contributed by atoms with Crippen molar-refractivity contribution in [3.8, 4) is 11.5 Å². The zero-order valence-corrected chi connectivity index (χ0v) is 22.2. The van der Waals surface area contributed by atoms with Crippen molar-refractivity contribution in [3.05, 3.63) is 30.4 Å². The molecule has 1 saturated carbocycles. The minimum absolute atomic E-state index is 0.0276. The molecule has 3 heterocycles. The second kappa shape index (κ2) is 10.0. The van der Waals surface area contributed by atoms with Gasteiger partial charge in [0.1, 0.15) is 11.9 Å². The van der Waals surface area contributed by atoms with Crippen LogP contribution in [0, 0.1) is 0 Å². The number of esters is 1. The molecule has 1 amide bonds. The van der Waals surface area contributed by atoms with E-state index in [0.29, 0.717) is 5.56 Å². The lowest BCUT2D eigenvalue weighted by Crippen LogP contribution is -2.50. The number of hydrogen-bond donors (Lipinski definition) is 2. The lowest BCUT2D eigenvalue weighted by Gasteiger charge is -2.37. The van der Waals surface area contributed by atoms with Gasteiger partial charge in [0.2, 0.25) is 5.89 Å². The molecule has 10 nitrogen and oxygen atoms in total. The number of nitrogens with zero attached hydrogens (tertiary/aromatic N) is 3. The summed E-state index contributed by atoms with van der Waals surface area (Å²) < 4.78 is 17.9. The lowest BCUT2D eigenvalue weighted by molar-refractivity contribution is 0.0473. The minimum Gasteiger partial charge on any atom is -0.461 e. The molecule has 34 heavy (non-hydrogen) atoms. The minimum atomic E-state index is -0.538. The highest BCUT2D eigenvalue weighted by Crippen LogP contribution is 2.38. The zero-order chi connectivity index (χ0) is 24.5. The van der Waals surface area contributed by atoms with Crippen LogP contribution in [0.4, 0.5) is 10.5 Å². The van der Waals surface area contributed by atoms with Crippen molar-refractivity contribution in [1.82, 2.24) is 19.3 Å². The van der Waals surface area contributed by atoms with Gasteiger partial charge in [-0.15, -0.1) is 0 Å². The number of ether oxygens (including phenoxy) is 2. The fourth-order valence-corrected chi connectivity index (χ4v) is 4.94. The third-order valence-electron chi connectivity index (χ3n) is 5.18. The van der Waals surface area contributed by atoms with Gasteiger partial charge in [0.15, 0.2) is 11.3 Å². The van der Waals surface area contributed by atoms with Crippen LogP contribution in [0.3, 0.4) is 0 Å². The van der Waals surface area contributed by atoms with Crippen LogP contribution >= 0.6 is 30.3 Å². The Hall–Kier alpha value is -2.48. The average molecular weight is 599 g/mol. The molecule has 2 N–H and O–H groups in total. The van der Waals surface area contributed by atoms with Gasteiger partial charge in [-0.3, -0.25) is 3.97 Å². The Morgan fingerprint density at radius 3 is 2.76 bits per heavy atom. The molecule has 12 heteroatoms. The molecular weight excluding hydrogens is 573 g/mol. The Kier molecular flexibility index (Phi) is 7.26. The van der Waals surface area contributed by atoms with Gasteiger partial charge in [-0.2, -0.15) is 0 Å². The number of hydrogen-bond acceptors (Lipinski definition) is 9. The first kappa shape index (κ1) is 24.6. The summed E-state index contributed by atoms with van der Waals surface area (Å²) in [5.74, 6) is -0.263. The maximum absolute atomic E-state index is 12.1. The van der Waals surface area contributed by atoms with E-state index >= 15 is 0 Å². The predicted octanol–water partition coefficient (Wildman–Crippen LogP) is 5.18. The van der Waals surface area contributed by atoms with Crippen LogP contribution in [0.1, 0.15) is 51.0 Å². The summed E-state index contributed by atoms with van der Waals surface area (Å²) in [6, 6.07) is 2.13. The van der Waals surface area contributed by atoms with E-state index in [-0.39, 0.29) is 30.3 Å². The Morgan fingerprint density at radius 2 is 2.09 bits per heavy atom. The highest BCUT2D eigenvalue weighted by atomic mass is 127. The molecule has 0 aliphatic heterocycles. The summed E-state index contributed by atoms with van der Waals surface area (Å²) in [6.45, 7) is 7.50. The quantitative estimate of drug-likeness (QED) is 0.280. The van der Waals surface area contributed by atoms with Crippen molar-refractivity contribution in [2.75, 3.05) is 11.9 Å². The molecule has 0 atom stereocenters.